The molecule has 1 atom stereocenters. The molecule has 0 saturated carbocycles. The van der Waals surface area contributed by atoms with Gasteiger partial charge in [-0.15, -0.1) is 0 Å². The Morgan fingerprint density at radius 2 is 2.25 bits per heavy atom. The summed E-state index contributed by atoms with van der Waals surface area (Å²) in [5.41, 5.74) is 0.788. The summed E-state index contributed by atoms with van der Waals surface area (Å²) in [6.07, 6.45) is 3.02. The maximum absolute atomic E-state index is 14.0. The number of halogens is 2. The number of sulfonamides is 1. The quantitative estimate of drug-likeness (QED) is 0.825. The minimum atomic E-state index is -4.04. The second-order valence-electron chi connectivity index (χ2n) is 5.40. The number of aromatic nitrogens is 2. The highest BCUT2D eigenvalue weighted by Crippen LogP contribution is 2.31. The molecule has 0 N–H and O–H groups in total. The fraction of sp³-hybridized carbons (Fsp3) is 0.400. The molecule has 1 saturated heterocycles. The van der Waals surface area contributed by atoms with Crippen LogP contribution in [0.5, 0.6) is 0 Å². The summed E-state index contributed by atoms with van der Waals surface area (Å²) >= 11 is 5.92. The predicted molar refractivity (Wildman–Crippen MR) is 86.8 cm³/mol. The monoisotopic (exact) mass is 373 g/mol. The van der Waals surface area contributed by atoms with Gasteiger partial charge in [0.05, 0.1) is 23.9 Å². The van der Waals surface area contributed by atoms with Crippen molar-refractivity contribution in [2.45, 2.75) is 24.5 Å². The zero-order valence-corrected chi connectivity index (χ0v) is 14.6. The fourth-order valence-electron chi connectivity index (χ4n) is 2.62. The molecule has 1 unspecified atom stereocenters. The van der Waals surface area contributed by atoms with Crippen LogP contribution >= 0.6 is 11.6 Å². The minimum Gasteiger partial charge on any atom is -0.371 e. The average Bonchev–Trinajstić information content (AvgIpc) is 3.04. The lowest BCUT2D eigenvalue weighted by Crippen LogP contribution is -2.42. The standard InChI is InChI=1S/C15H17ClFN3O3S/c1-2-19-9-11(8-18-19)14-10-20(6-7-23-14)24(21,22)15-12(16)4-3-5-13(15)17/h3-5,8-9,14H,2,6-7,10H2,1H3. The van der Waals surface area contributed by atoms with Gasteiger partial charge in [-0.25, -0.2) is 12.8 Å². The van der Waals surface area contributed by atoms with E-state index in [0.29, 0.717) is 6.54 Å². The maximum Gasteiger partial charge on any atom is 0.247 e. The van der Waals surface area contributed by atoms with E-state index in [0.717, 1.165) is 11.6 Å². The first kappa shape index (κ1) is 17.3. The van der Waals surface area contributed by atoms with E-state index >= 15 is 0 Å². The molecule has 0 aliphatic carbocycles. The largest absolute Gasteiger partial charge is 0.371 e. The molecule has 1 aliphatic rings. The van der Waals surface area contributed by atoms with Crippen LogP contribution < -0.4 is 0 Å². The van der Waals surface area contributed by atoms with Gasteiger partial charge in [0.2, 0.25) is 10.0 Å². The van der Waals surface area contributed by atoms with E-state index in [4.69, 9.17) is 16.3 Å². The van der Waals surface area contributed by atoms with Crippen molar-refractivity contribution in [2.75, 3.05) is 19.7 Å². The Kier molecular flexibility index (Phi) is 4.91. The fourth-order valence-corrected chi connectivity index (χ4v) is 4.61. The number of hydrogen-bond donors (Lipinski definition) is 0. The van der Waals surface area contributed by atoms with Gasteiger partial charge < -0.3 is 4.74 Å². The van der Waals surface area contributed by atoms with Gasteiger partial charge in [0.25, 0.3) is 0 Å². The van der Waals surface area contributed by atoms with E-state index < -0.39 is 26.8 Å². The van der Waals surface area contributed by atoms with Crippen molar-refractivity contribution in [3.05, 3.63) is 47.0 Å². The number of hydrogen-bond acceptors (Lipinski definition) is 4. The Morgan fingerprint density at radius 3 is 2.92 bits per heavy atom. The van der Waals surface area contributed by atoms with Crippen LogP contribution in [0.2, 0.25) is 5.02 Å². The zero-order chi connectivity index (χ0) is 17.3. The van der Waals surface area contributed by atoms with Crippen LogP contribution in [0, 0.1) is 5.82 Å². The van der Waals surface area contributed by atoms with E-state index in [-0.39, 0.29) is 24.7 Å². The number of benzene rings is 1. The van der Waals surface area contributed by atoms with Crippen LogP contribution in [-0.4, -0.2) is 42.2 Å². The number of aryl methyl sites for hydroxylation is 1. The third-order valence-corrected chi connectivity index (χ3v) is 6.26. The second-order valence-corrected chi connectivity index (χ2v) is 7.68. The van der Waals surface area contributed by atoms with Gasteiger partial charge in [0.1, 0.15) is 10.7 Å². The topological polar surface area (TPSA) is 64.4 Å². The van der Waals surface area contributed by atoms with E-state index in [1.54, 1.807) is 10.9 Å². The molecule has 1 aliphatic heterocycles. The van der Waals surface area contributed by atoms with Crippen molar-refractivity contribution in [1.29, 1.82) is 0 Å². The highest BCUT2D eigenvalue weighted by Gasteiger charge is 2.35. The molecule has 0 radical (unpaired) electrons. The minimum absolute atomic E-state index is 0.0857. The van der Waals surface area contributed by atoms with E-state index in [9.17, 15) is 12.8 Å². The highest BCUT2D eigenvalue weighted by atomic mass is 35.5. The van der Waals surface area contributed by atoms with Gasteiger partial charge in [-0.05, 0) is 19.1 Å². The summed E-state index contributed by atoms with van der Waals surface area (Å²) in [4.78, 5) is -0.489. The molecule has 1 aromatic heterocycles. The van der Waals surface area contributed by atoms with E-state index in [2.05, 4.69) is 5.10 Å². The van der Waals surface area contributed by atoms with Crippen LogP contribution in [-0.2, 0) is 21.3 Å². The Morgan fingerprint density at radius 1 is 1.46 bits per heavy atom. The summed E-state index contributed by atoms with van der Waals surface area (Å²) < 4.78 is 48.2. The highest BCUT2D eigenvalue weighted by molar-refractivity contribution is 7.89. The van der Waals surface area contributed by atoms with Crippen molar-refractivity contribution in [3.8, 4) is 0 Å². The number of nitrogens with zero attached hydrogens (tertiary/aromatic N) is 3. The molecule has 0 amide bonds. The molecule has 2 heterocycles. The normalized spacial score (nSPS) is 19.5. The third kappa shape index (κ3) is 3.19. The van der Waals surface area contributed by atoms with Crippen LogP contribution in [0.4, 0.5) is 4.39 Å². The van der Waals surface area contributed by atoms with Crippen LogP contribution in [0.25, 0.3) is 0 Å². The van der Waals surface area contributed by atoms with Crippen molar-refractivity contribution in [1.82, 2.24) is 14.1 Å². The van der Waals surface area contributed by atoms with Crippen molar-refractivity contribution in [2.24, 2.45) is 0 Å². The summed E-state index contributed by atoms with van der Waals surface area (Å²) in [5, 5.41) is 4.04. The smallest absolute Gasteiger partial charge is 0.247 e. The van der Waals surface area contributed by atoms with Crippen molar-refractivity contribution in [3.63, 3.8) is 0 Å². The zero-order valence-electron chi connectivity index (χ0n) is 13.0. The lowest BCUT2D eigenvalue weighted by atomic mass is 10.2. The molecular formula is C15H17ClFN3O3S. The Labute approximate surface area is 144 Å². The average molecular weight is 374 g/mol. The van der Waals surface area contributed by atoms with Gasteiger partial charge in [0, 0.05) is 31.4 Å². The maximum atomic E-state index is 14.0. The van der Waals surface area contributed by atoms with Crippen LogP contribution in [0.3, 0.4) is 0 Å². The second kappa shape index (κ2) is 6.79. The molecule has 0 spiro atoms. The van der Waals surface area contributed by atoms with E-state index in [1.807, 2.05) is 13.1 Å². The molecule has 130 valence electrons. The lowest BCUT2D eigenvalue weighted by Gasteiger charge is -2.32. The van der Waals surface area contributed by atoms with Crippen LogP contribution in [0.1, 0.15) is 18.6 Å². The summed E-state index contributed by atoms with van der Waals surface area (Å²) in [6.45, 7) is 3.11. The number of morpholine rings is 1. The third-order valence-electron chi connectivity index (χ3n) is 3.89. The van der Waals surface area contributed by atoms with Gasteiger partial charge >= 0.3 is 0 Å². The summed E-state index contributed by atoms with van der Waals surface area (Å²) in [6, 6.07) is 3.82. The molecule has 2 aromatic rings. The lowest BCUT2D eigenvalue weighted by molar-refractivity contribution is -0.00265. The molecule has 24 heavy (non-hydrogen) atoms. The Hall–Kier alpha value is -1.48. The SMILES string of the molecule is CCn1cc(C2CN(S(=O)(=O)c3c(F)cccc3Cl)CCO2)cn1. The van der Waals surface area contributed by atoms with Gasteiger partial charge in [-0.3, -0.25) is 4.68 Å². The van der Waals surface area contributed by atoms with Gasteiger partial charge in [0.15, 0.2) is 0 Å². The van der Waals surface area contributed by atoms with E-state index in [1.165, 1.54) is 16.4 Å². The van der Waals surface area contributed by atoms with Crippen molar-refractivity contribution >= 4 is 21.6 Å². The first-order valence-corrected chi connectivity index (χ1v) is 9.33. The Bertz CT molecular complexity index is 820. The number of ether oxygens (including phenoxy) is 1. The molecule has 1 fully saturated rings. The first-order chi connectivity index (χ1) is 11.4. The molecular weight excluding hydrogens is 357 g/mol. The van der Waals surface area contributed by atoms with Crippen LogP contribution in [0.15, 0.2) is 35.5 Å². The van der Waals surface area contributed by atoms with Gasteiger partial charge in [-0.2, -0.15) is 9.40 Å². The molecule has 1 aromatic carbocycles. The molecule has 3 rings (SSSR count). The summed E-state index contributed by atoms with van der Waals surface area (Å²) in [7, 11) is -4.04. The predicted octanol–water partition coefficient (Wildman–Crippen LogP) is 2.46. The molecule has 6 nitrogen and oxygen atoms in total. The Balaban J connectivity index is 1.88. The first-order valence-electron chi connectivity index (χ1n) is 7.51. The van der Waals surface area contributed by atoms with Gasteiger partial charge in [-0.1, -0.05) is 17.7 Å². The van der Waals surface area contributed by atoms with Crippen molar-refractivity contribution < 1.29 is 17.5 Å². The molecule has 9 heteroatoms. The number of rotatable bonds is 4. The molecule has 0 bridgehead atoms. The summed E-state index contributed by atoms with van der Waals surface area (Å²) in [5.74, 6) is -0.857.